The van der Waals surface area contributed by atoms with E-state index in [4.69, 9.17) is 14.3 Å². The number of ether oxygens (including phenoxy) is 1. The maximum absolute atomic E-state index is 11.8. The molecule has 2 unspecified atom stereocenters. The fourth-order valence-electron chi connectivity index (χ4n) is 2.17. The van der Waals surface area contributed by atoms with Crippen LogP contribution in [0.5, 0.6) is 0 Å². The van der Waals surface area contributed by atoms with Crippen LogP contribution in [0, 0.1) is 5.92 Å². The molecule has 0 aromatic carbocycles. The van der Waals surface area contributed by atoms with Gasteiger partial charge in [0.15, 0.2) is 5.76 Å². The zero-order valence-corrected chi connectivity index (χ0v) is 10.7. The maximum atomic E-state index is 11.8. The molecule has 2 heterocycles. The first-order valence-corrected chi connectivity index (χ1v) is 6.28. The average Bonchev–Trinajstić information content (AvgIpc) is 2.86. The molecule has 2 rings (SSSR count). The standard InChI is InChI=1S/C13H17NO5/c1-8-4-9(2-3-18-8)6-14-12(15)11-5-10(7-19-11)13(16)17/h5,7-9H,2-4,6H2,1H3,(H,14,15)(H,16,17). The Labute approximate surface area is 110 Å². The Morgan fingerprint density at radius 2 is 2.32 bits per heavy atom. The van der Waals surface area contributed by atoms with Gasteiger partial charge in [0.2, 0.25) is 0 Å². The van der Waals surface area contributed by atoms with E-state index in [1.54, 1.807) is 0 Å². The van der Waals surface area contributed by atoms with Crippen molar-refractivity contribution in [2.24, 2.45) is 5.92 Å². The Morgan fingerprint density at radius 1 is 1.53 bits per heavy atom. The number of amides is 1. The van der Waals surface area contributed by atoms with Gasteiger partial charge in [0.1, 0.15) is 6.26 Å². The van der Waals surface area contributed by atoms with E-state index < -0.39 is 5.97 Å². The second-order valence-electron chi connectivity index (χ2n) is 4.79. The molecule has 0 saturated carbocycles. The number of carbonyl (C=O) groups is 2. The highest BCUT2D eigenvalue weighted by Crippen LogP contribution is 2.19. The molecule has 104 valence electrons. The van der Waals surface area contributed by atoms with Gasteiger partial charge < -0.3 is 19.6 Å². The van der Waals surface area contributed by atoms with Crippen LogP contribution in [0.3, 0.4) is 0 Å². The molecule has 1 aromatic heterocycles. The SMILES string of the molecule is CC1CC(CNC(=O)c2cc(C(=O)O)co2)CCO1. The molecule has 6 heteroatoms. The molecule has 0 radical (unpaired) electrons. The lowest BCUT2D eigenvalue weighted by atomic mass is 9.96. The van der Waals surface area contributed by atoms with E-state index in [0.29, 0.717) is 19.1 Å². The lowest BCUT2D eigenvalue weighted by Gasteiger charge is -2.27. The van der Waals surface area contributed by atoms with Crippen molar-refractivity contribution in [2.45, 2.75) is 25.9 Å². The summed E-state index contributed by atoms with van der Waals surface area (Å²) in [6, 6.07) is 1.23. The monoisotopic (exact) mass is 267 g/mol. The lowest BCUT2D eigenvalue weighted by molar-refractivity contribution is 0.00296. The van der Waals surface area contributed by atoms with Crippen LogP contribution in [0.15, 0.2) is 16.7 Å². The minimum absolute atomic E-state index is 0.0233. The number of carbonyl (C=O) groups excluding carboxylic acids is 1. The molecule has 1 saturated heterocycles. The molecule has 0 aliphatic carbocycles. The smallest absolute Gasteiger partial charge is 0.338 e. The second kappa shape index (κ2) is 5.88. The van der Waals surface area contributed by atoms with Gasteiger partial charge >= 0.3 is 5.97 Å². The summed E-state index contributed by atoms with van der Waals surface area (Å²) in [5.74, 6) is -1.08. The summed E-state index contributed by atoms with van der Waals surface area (Å²) in [4.78, 5) is 22.4. The quantitative estimate of drug-likeness (QED) is 0.863. The molecular formula is C13H17NO5. The summed E-state index contributed by atoms with van der Waals surface area (Å²) in [7, 11) is 0. The Balaban J connectivity index is 1.85. The summed E-state index contributed by atoms with van der Waals surface area (Å²) in [5, 5.41) is 11.5. The van der Waals surface area contributed by atoms with E-state index in [2.05, 4.69) is 5.32 Å². The highest BCUT2D eigenvalue weighted by molar-refractivity contribution is 5.95. The average molecular weight is 267 g/mol. The van der Waals surface area contributed by atoms with Crippen LogP contribution in [0.25, 0.3) is 0 Å². The van der Waals surface area contributed by atoms with Gasteiger partial charge in [-0.05, 0) is 25.7 Å². The molecule has 1 aliphatic heterocycles. The number of carboxylic acids is 1. The third-order valence-corrected chi connectivity index (χ3v) is 3.22. The Kier molecular flexibility index (Phi) is 4.21. The zero-order valence-electron chi connectivity index (χ0n) is 10.7. The van der Waals surface area contributed by atoms with E-state index in [9.17, 15) is 9.59 Å². The second-order valence-corrected chi connectivity index (χ2v) is 4.79. The van der Waals surface area contributed by atoms with E-state index in [0.717, 1.165) is 19.1 Å². The number of hydrogen-bond donors (Lipinski definition) is 2. The first kappa shape index (κ1) is 13.6. The third kappa shape index (κ3) is 3.57. The fraction of sp³-hybridized carbons (Fsp3) is 0.538. The molecule has 1 fully saturated rings. The molecule has 0 spiro atoms. The summed E-state index contributed by atoms with van der Waals surface area (Å²) < 4.78 is 10.4. The van der Waals surface area contributed by atoms with Crippen LogP contribution in [0.1, 0.15) is 40.7 Å². The van der Waals surface area contributed by atoms with Gasteiger partial charge in [0, 0.05) is 19.2 Å². The van der Waals surface area contributed by atoms with E-state index in [1.807, 2.05) is 6.92 Å². The van der Waals surface area contributed by atoms with Crippen molar-refractivity contribution in [3.63, 3.8) is 0 Å². The molecule has 6 nitrogen and oxygen atoms in total. The van der Waals surface area contributed by atoms with Crippen molar-refractivity contribution in [3.8, 4) is 0 Å². The van der Waals surface area contributed by atoms with Crippen molar-refractivity contribution in [1.29, 1.82) is 0 Å². The highest BCUT2D eigenvalue weighted by atomic mass is 16.5. The van der Waals surface area contributed by atoms with Gasteiger partial charge in [0.25, 0.3) is 5.91 Å². The summed E-state index contributed by atoms with van der Waals surface area (Å²) in [5.41, 5.74) is -0.0233. The van der Waals surface area contributed by atoms with Gasteiger partial charge in [-0.15, -0.1) is 0 Å². The van der Waals surface area contributed by atoms with Crippen molar-refractivity contribution in [3.05, 3.63) is 23.7 Å². The van der Waals surface area contributed by atoms with Gasteiger partial charge in [-0.2, -0.15) is 0 Å². The highest BCUT2D eigenvalue weighted by Gasteiger charge is 2.21. The number of rotatable bonds is 4. The minimum atomic E-state index is -1.11. The predicted molar refractivity (Wildman–Crippen MR) is 66.1 cm³/mol. The molecular weight excluding hydrogens is 250 g/mol. The molecule has 1 aromatic rings. The van der Waals surface area contributed by atoms with E-state index >= 15 is 0 Å². The summed E-state index contributed by atoms with van der Waals surface area (Å²) in [6.07, 6.45) is 3.12. The van der Waals surface area contributed by atoms with Crippen molar-refractivity contribution in [1.82, 2.24) is 5.32 Å². The van der Waals surface area contributed by atoms with Gasteiger partial charge in [0.05, 0.1) is 11.7 Å². The Morgan fingerprint density at radius 3 is 2.95 bits per heavy atom. The van der Waals surface area contributed by atoms with Crippen molar-refractivity contribution in [2.75, 3.05) is 13.2 Å². The molecule has 2 atom stereocenters. The molecule has 1 amide bonds. The summed E-state index contributed by atoms with van der Waals surface area (Å²) in [6.45, 7) is 3.28. The first-order valence-electron chi connectivity index (χ1n) is 6.28. The van der Waals surface area contributed by atoms with Crippen molar-refractivity contribution >= 4 is 11.9 Å². The van der Waals surface area contributed by atoms with Crippen LogP contribution in [0.2, 0.25) is 0 Å². The maximum Gasteiger partial charge on any atom is 0.338 e. The first-order chi connectivity index (χ1) is 9.06. The number of hydrogen-bond acceptors (Lipinski definition) is 4. The van der Waals surface area contributed by atoms with E-state index in [-0.39, 0.29) is 23.3 Å². The van der Waals surface area contributed by atoms with Crippen LogP contribution in [-0.2, 0) is 4.74 Å². The van der Waals surface area contributed by atoms with Gasteiger partial charge in [-0.25, -0.2) is 4.79 Å². The number of furan rings is 1. The largest absolute Gasteiger partial charge is 0.478 e. The van der Waals surface area contributed by atoms with Crippen LogP contribution in [0.4, 0.5) is 0 Å². The summed E-state index contributed by atoms with van der Waals surface area (Å²) >= 11 is 0. The minimum Gasteiger partial charge on any atom is -0.478 e. The number of carboxylic acid groups (broad SMARTS) is 1. The van der Waals surface area contributed by atoms with Crippen LogP contribution in [-0.4, -0.2) is 36.2 Å². The molecule has 0 bridgehead atoms. The molecule has 2 N–H and O–H groups in total. The Hall–Kier alpha value is -1.82. The molecule has 1 aliphatic rings. The zero-order chi connectivity index (χ0) is 13.8. The van der Waals surface area contributed by atoms with E-state index in [1.165, 1.54) is 6.07 Å². The fourth-order valence-corrected chi connectivity index (χ4v) is 2.17. The number of aromatic carboxylic acids is 1. The normalized spacial score (nSPS) is 23.0. The lowest BCUT2D eigenvalue weighted by Crippen LogP contribution is -2.34. The number of nitrogens with one attached hydrogen (secondary N) is 1. The van der Waals surface area contributed by atoms with Gasteiger partial charge in [-0.3, -0.25) is 4.79 Å². The van der Waals surface area contributed by atoms with Crippen LogP contribution < -0.4 is 5.32 Å². The topological polar surface area (TPSA) is 88.8 Å². The predicted octanol–water partition coefficient (Wildman–Crippen LogP) is 1.52. The van der Waals surface area contributed by atoms with Gasteiger partial charge in [-0.1, -0.05) is 0 Å². The van der Waals surface area contributed by atoms with Crippen LogP contribution >= 0.6 is 0 Å². The molecule has 19 heavy (non-hydrogen) atoms. The van der Waals surface area contributed by atoms with Crippen molar-refractivity contribution < 1.29 is 23.8 Å². The Bertz CT molecular complexity index is 467. The third-order valence-electron chi connectivity index (χ3n) is 3.22.